The molecule has 1 fully saturated rings. The van der Waals surface area contributed by atoms with E-state index in [1.165, 1.54) is 30.5 Å². The number of carboxylic acid groups (broad SMARTS) is 1. The van der Waals surface area contributed by atoms with Gasteiger partial charge in [0.2, 0.25) is 17.7 Å². The summed E-state index contributed by atoms with van der Waals surface area (Å²) in [7, 11) is 0. The van der Waals surface area contributed by atoms with Crippen LogP contribution >= 0.6 is 11.8 Å². The van der Waals surface area contributed by atoms with Gasteiger partial charge in [0.25, 0.3) is 0 Å². The van der Waals surface area contributed by atoms with Gasteiger partial charge in [-0.1, -0.05) is 0 Å². The molecule has 1 aliphatic rings. The van der Waals surface area contributed by atoms with E-state index in [4.69, 9.17) is 5.73 Å². The molecule has 1 saturated heterocycles. The number of thioether (sulfide) groups is 1. The number of hydrogen-bond donors (Lipinski definition) is 5. The van der Waals surface area contributed by atoms with Crippen LogP contribution in [0.1, 0.15) is 33.1 Å². The maximum absolute atomic E-state index is 12.9. The van der Waals surface area contributed by atoms with Crippen LogP contribution in [0.5, 0.6) is 0 Å². The van der Waals surface area contributed by atoms with Crippen molar-refractivity contribution in [2.75, 3.05) is 18.6 Å². The average Bonchev–Trinajstić information content (AvgIpc) is 3.11. The van der Waals surface area contributed by atoms with Crippen molar-refractivity contribution >= 4 is 35.5 Å². The lowest BCUT2D eigenvalue weighted by Gasteiger charge is -2.29. The van der Waals surface area contributed by atoms with E-state index < -0.39 is 54.0 Å². The monoisotopic (exact) mass is 418 g/mol. The summed E-state index contributed by atoms with van der Waals surface area (Å²) in [5, 5.41) is 24.1. The van der Waals surface area contributed by atoms with Crippen molar-refractivity contribution in [3.05, 3.63) is 0 Å². The normalized spacial score (nSPS) is 20.8. The quantitative estimate of drug-likeness (QED) is 0.287. The molecule has 28 heavy (non-hydrogen) atoms. The summed E-state index contributed by atoms with van der Waals surface area (Å²) in [5.74, 6) is -2.33. The molecule has 0 radical (unpaired) electrons. The Bertz CT molecular complexity index is 586. The van der Waals surface area contributed by atoms with E-state index in [-0.39, 0.29) is 0 Å². The van der Waals surface area contributed by atoms with Gasteiger partial charge in [-0.2, -0.15) is 11.8 Å². The largest absolute Gasteiger partial charge is 0.480 e. The van der Waals surface area contributed by atoms with Crippen molar-refractivity contribution in [1.82, 2.24) is 15.5 Å². The topological polar surface area (TPSA) is 162 Å². The molecule has 1 rings (SSSR count). The molecular weight excluding hydrogens is 388 g/mol. The minimum Gasteiger partial charge on any atom is -0.480 e. The molecule has 6 N–H and O–H groups in total. The van der Waals surface area contributed by atoms with Crippen molar-refractivity contribution < 1.29 is 29.4 Å². The van der Waals surface area contributed by atoms with E-state index >= 15 is 0 Å². The molecule has 0 aromatic heterocycles. The average molecular weight is 419 g/mol. The van der Waals surface area contributed by atoms with E-state index in [1.807, 2.05) is 6.26 Å². The molecule has 5 atom stereocenters. The van der Waals surface area contributed by atoms with Crippen LogP contribution in [0.4, 0.5) is 0 Å². The van der Waals surface area contributed by atoms with E-state index in [0.29, 0.717) is 31.6 Å². The van der Waals surface area contributed by atoms with Crippen LogP contribution in [-0.4, -0.2) is 87.6 Å². The zero-order valence-electron chi connectivity index (χ0n) is 16.4. The highest BCUT2D eigenvalue weighted by Crippen LogP contribution is 2.19. The van der Waals surface area contributed by atoms with Gasteiger partial charge in [0.1, 0.15) is 18.1 Å². The lowest BCUT2D eigenvalue weighted by molar-refractivity contribution is -0.149. The molecule has 0 aromatic carbocycles. The second-order valence-corrected chi connectivity index (χ2v) is 7.87. The molecule has 160 valence electrons. The fraction of sp³-hybridized carbons (Fsp3) is 0.765. The van der Waals surface area contributed by atoms with Gasteiger partial charge in [-0.3, -0.25) is 14.4 Å². The molecule has 0 spiro atoms. The number of aliphatic hydroxyl groups excluding tert-OH is 1. The number of hydrogen-bond acceptors (Lipinski definition) is 7. The lowest BCUT2D eigenvalue weighted by Crippen LogP contribution is -2.59. The number of nitrogens with one attached hydrogen (secondary N) is 2. The highest BCUT2D eigenvalue weighted by atomic mass is 32.2. The van der Waals surface area contributed by atoms with Crippen LogP contribution in [0.2, 0.25) is 0 Å². The van der Waals surface area contributed by atoms with E-state index in [2.05, 4.69) is 10.6 Å². The van der Waals surface area contributed by atoms with Crippen molar-refractivity contribution in [2.24, 2.45) is 5.73 Å². The van der Waals surface area contributed by atoms with Crippen molar-refractivity contribution in [2.45, 2.75) is 63.4 Å². The standard InChI is InChI=1S/C17H30N4O6S/c1-9(18)14(23)20-13(10(2)22)15(24)19-11(6-8-28-3)16(25)21-7-4-5-12(21)17(26)27/h9-13,22H,4-8,18H2,1-3H3,(H,19,24)(H,20,23)(H,26,27). The number of nitrogens with two attached hydrogens (primary N) is 1. The Morgan fingerprint density at radius 3 is 2.36 bits per heavy atom. The summed E-state index contributed by atoms with van der Waals surface area (Å²) in [4.78, 5) is 50.0. The number of carbonyl (C=O) groups is 4. The van der Waals surface area contributed by atoms with Crippen LogP contribution in [0.3, 0.4) is 0 Å². The van der Waals surface area contributed by atoms with E-state index in [1.54, 1.807) is 0 Å². The fourth-order valence-electron chi connectivity index (χ4n) is 2.93. The summed E-state index contributed by atoms with van der Waals surface area (Å²) in [6.07, 6.45) is 1.87. The molecule has 1 heterocycles. The molecule has 0 saturated carbocycles. The Balaban J connectivity index is 2.93. The zero-order valence-corrected chi connectivity index (χ0v) is 17.2. The predicted octanol–water partition coefficient (Wildman–Crippen LogP) is -1.49. The number of carboxylic acids is 1. The highest BCUT2D eigenvalue weighted by Gasteiger charge is 2.38. The second kappa shape index (κ2) is 11.2. The third kappa shape index (κ3) is 6.64. The summed E-state index contributed by atoms with van der Waals surface area (Å²) >= 11 is 1.48. The minimum atomic E-state index is -1.28. The molecule has 11 heteroatoms. The first-order valence-corrected chi connectivity index (χ1v) is 10.6. The number of aliphatic carboxylic acids is 1. The van der Waals surface area contributed by atoms with Gasteiger partial charge in [-0.15, -0.1) is 0 Å². The number of rotatable bonds is 10. The van der Waals surface area contributed by atoms with Gasteiger partial charge in [0.15, 0.2) is 0 Å². The molecule has 0 aliphatic carbocycles. The van der Waals surface area contributed by atoms with Gasteiger partial charge in [-0.05, 0) is 45.1 Å². The van der Waals surface area contributed by atoms with Crippen molar-refractivity contribution in [3.63, 3.8) is 0 Å². The Kier molecular flexibility index (Phi) is 9.70. The number of likely N-dealkylation sites (tertiary alicyclic amines) is 1. The van der Waals surface area contributed by atoms with Gasteiger partial charge in [-0.25, -0.2) is 4.79 Å². The molecule has 1 aliphatic heterocycles. The van der Waals surface area contributed by atoms with E-state index in [9.17, 15) is 29.4 Å². The van der Waals surface area contributed by atoms with Crippen LogP contribution in [0, 0.1) is 0 Å². The lowest BCUT2D eigenvalue weighted by atomic mass is 10.1. The fourth-order valence-corrected chi connectivity index (χ4v) is 3.40. The Labute approximate surface area is 168 Å². The van der Waals surface area contributed by atoms with Crippen LogP contribution in [-0.2, 0) is 19.2 Å². The van der Waals surface area contributed by atoms with E-state index in [0.717, 1.165) is 0 Å². The smallest absolute Gasteiger partial charge is 0.326 e. The zero-order chi connectivity index (χ0) is 21.4. The maximum atomic E-state index is 12.9. The third-order valence-corrected chi connectivity index (χ3v) is 5.17. The van der Waals surface area contributed by atoms with Gasteiger partial charge < -0.3 is 31.5 Å². The van der Waals surface area contributed by atoms with Gasteiger partial charge in [0.05, 0.1) is 12.1 Å². The van der Waals surface area contributed by atoms with Crippen molar-refractivity contribution in [3.8, 4) is 0 Å². The number of aliphatic hydroxyl groups is 1. The summed E-state index contributed by atoms with van der Waals surface area (Å²) in [5.41, 5.74) is 5.48. The first-order chi connectivity index (χ1) is 13.1. The first-order valence-electron chi connectivity index (χ1n) is 9.16. The summed E-state index contributed by atoms with van der Waals surface area (Å²) < 4.78 is 0. The second-order valence-electron chi connectivity index (χ2n) is 6.89. The molecule has 0 bridgehead atoms. The summed E-state index contributed by atoms with van der Waals surface area (Å²) in [6.45, 7) is 3.09. The predicted molar refractivity (Wildman–Crippen MR) is 105 cm³/mol. The van der Waals surface area contributed by atoms with Crippen LogP contribution < -0.4 is 16.4 Å². The Morgan fingerprint density at radius 1 is 1.21 bits per heavy atom. The third-order valence-electron chi connectivity index (χ3n) is 4.52. The molecule has 3 amide bonds. The van der Waals surface area contributed by atoms with Gasteiger partial charge in [0, 0.05) is 6.54 Å². The Hall–Kier alpha value is -1.85. The summed E-state index contributed by atoms with van der Waals surface area (Å²) in [6, 6.07) is -4.01. The maximum Gasteiger partial charge on any atom is 0.326 e. The first kappa shape index (κ1) is 24.2. The number of carbonyl (C=O) groups excluding carboxylic acids is 3. The minimum absolute atomic E-state index is 0.294. The van der Waals surface area contributed by atoms with Gasteiger partial charge >= 0.3 is 5.97 Å². The van der Waals surface area contributed by atoms with Crippen LogP contribution in [0.15, 0.2) is 0 Å². The Morgan fingerprint density at radius 2 is 1.86 bits per heavy atom. The van der Waals surface area contributed by atoms with Crippen LogP contribution in [0.25, 0.3) is 0 Å². The highest BCUT2D eigenvalue weighted by molar-refractivity contribution is 7.98. The number of amides is 3. The molecule has 0 aromatic rings. The molecule has 10 nitrogen and oxygen atoms in total. The molecule has 5 unspecified atom stereocenters. The number of nitrogens with zero attached hydrogens (tertiary/aromatic N) is 1. The van der Waals surface area contributed by atoms with Crippen molar-refractivity contribution in [1.29, 1.82) is 0 Å². The SMILES string of the molecule is CSCCC(NC(=O)C(NC(=O)C(C)N)C(C)O)C(=O)N1CCCC1C(=O)O. The molecular formula is C17H30N4O6S.